The average Bonchev–Trinajstić information content (AvgIpc) is 3.59. The number of nitrogens with zero attached hydrogens (tertiary/aromatic N) is 5. The third-order valence-electron chi connectivity index (χ3n) is 7.30. The van der Waals surface area contributed by atoms with Gasteiger partial charge in [-0.05, 0) is 77.5 Å². The van der Waals surface area contributed by atoms with Gasteiger partial charge in [0.1, 0.15) is 5.75 Å². The molecule has 1 aliphatic rings. The average molecular weight is 694 g/mol. The highest BCUT2D eigenvalue weighted by molar-refractivity contribution is 8.18. The summed E-state index contributed by atoms with van der Waals surface area (Å²) in [6, 6.07) is 17.3. The number of carbonyl (C=O) groups is 1. The summed E-state index contributed by atoms with van der Waals surface area (Å²) in [4.78, 5) is 48.2. The Bertz CT molecular complexity index is 2240. The second kappa shape index (κ2) is 13.0. The molecule has 0 radical (unpaired) electrons. The molecule has 2 aromatic heterocycles. The molecule has 0 unspecified atom stereocenters. The van der Waals surface area contributed by atoms with Gasteiger partial charge in [-0.1, -0.05) is 35.3 Å². The minimum atomic E-state index is -0.549. The highest BCUT2D eigenvalue weighted by Crippen LogP contribution is 2.36. The number of aromatic nitrogens is 4. The predicted molar refractivity (Wildman–Crippen MR) is 183 cm³/mol. The smallest absolute Gasteiger partial charge is 0.332 e. The fourth-order valence-corrected chi connectivity index (χ4v) is 6.14. The third kappa shape index (κ3) is 6.37. The number of aryl methyl sites for hydroxylation is 1. The summed E-state index contributed by atoms with van der Waals surface area (Å²) in [5, 5.41) is 4.06. The Kier molecular flexibility index (Phi) is 8.86. The van der Waals surface area contributed by atoms with Crippen molar-refractivity contribution >= 4 is 69.0 Å². The lowest BCUT2D eigenvalue weighted by molar-refractivity contribution is -0.115. The number of amidine groups is 1. The van der Waals surface area contributed by atoms with Crippen molar-refractivity contribution in [1.29, 1.82) is 0 Å². The van der Waals surface area contributed by atoms with Crippen LogP contribution in [0, 0.1) is 0 Å². The second-order valence-corrected chi connectivity index (χ2v) is 12.2. The maximum atomic E-state index is 13.3. The molecule has 1 aliphatic heterocycles. The molecule has 5 aromatic rings. The number of rotatable bonds is 8. The molecular weight excluding hydrogens is 667 g/mol. The molecule has 1 saturated heterocycles. The summed E-state index contributed by atoms with van der Waals surface area (Å²) in [6.45, 7) is 0.0918. The SMILES string of the molecule is COc1ccc(N=C2NC(=O)/C(=C\c3ccc(Oc4nc5c(c(=O)n(C)c(=O)n5C)n4Cc4ccc(Cl)cc4Cl)c(OC)c3)S2)cc1. The van der Waals surface area contributed by atoms with Crippen LogP contribution in [0.2, 0.25) is 10.0 Å². The summed E-state index contributed by atoms with van der Waals surface area (Å²) in [7, 11) is 5.98. The molecule has 6 rings (SSSR count). The van der Waals surface area contributed by atoms with Crippen LogP contribution in [-0.2, 0) is 25.4 Å². The van der Waals surface area contributed by atoms with Crippen LogP contribution in [0.3, 0.4) is 0 Å². The maximum absolute atomic E-state index is 13.3. The molecule has 240 valence electrons. The molecule has 3 heterocycles. The van der Waals surface area contributed by atoms with E-state index >= 15 is 0 Å². The van der Waals surface area contributed by atoms with E-state index in [1.807, 2.05) is 0 Å². The number of hydrogen-bond donors (Lipinski definition) is 1. The Labute approximate surface area is 281 Å². The Hall–Kier alpha value is -4.98. The number of carbonyl (C=O) groups excluding carboxylic acids is 1. The number of aliphatic imine (C=N–C) groups is 1. The molecule has 47 heavy (non-hydrogen) atoms. The van der Waals surface area contributed by atoms with Crippen LogP contribution in [0.5, 0.6) is 23.3 Å². The van der Waals surface area contributed by atoms with Gasteiger partial charge in [0.05, 0.1) is 31.4 Å². The molecule has 1 N–H and O–H groups in total. The van der Waals surface area contributed by atoms with E-state index in [9.17, 15) is 14.4 Å². The lowest BCUT2D eigenvalue weighted by Gasteiger charge is -2.13. The second-order valence-electron chi connectivity index (χ2n) is 10.3. The molecule has 0 spiro atoms. The largest absolute Gasteiger partial charge is 0.497 e. The monoisotopic (exact) mass is 692 g/mol. The summed E-state index contributed by atoms with van der Waals surface area (Å²) in [5.41, 5.74) is 1.17. The van der Waals surface area contributed by atoms with Crippen LogP contribution >= 0.6 is 35.0 Å². The van der Waals surface area contributed by atoms with Gasteiger partial charge in [-0.2, -0.15) is 4.98 Å². The Morgan fingerprint density at radius 1 is 0.936 bits per heavy atom. The zero-order chi connectivity index (χ0) is 33.4. The molecule has 3 aromatic carbocycles. The fraction of sp³-hybridized carbons (Fsp3) is 0.156. The van der Waals surface area contributed by atoms with Crippen LogP contribution in [0.25, 0.3) is 17.2 Å². The minimum Gasteiger partial charge on any atom is -0.497 e. The Balaban J connectivity index is 1.34. The van der Waals surface area contributed by atoms with Crippen LogP contribution < -0.4 is 30.8 Å². The number of amides is 1. The van der Waals surface area contributed by atoms with Crippen molar-refractivity contribution in [2.75, 3.05) is 14.2 Å². The zero-order valence-electron chi connectivity index (χ0n) is 25.4. The molecular formula is C32H26Cl2N6O6S. The van der Waals surface area contributed by atoms with E-state index in [4.69, 9.17) is 37.4 Å². The highest BCUT2D eigenvalue weighted by Gasteiger charge is 2.25. The van der Waals surface area contributed by atoms with E-state index in [0.717, 1.165) is 4.57 Å². The van der Waals surface area contributed by atoms with Crippen LogP contribution in [0.4, 0.5) is 5.69 Å². The van der Waals surface area contributed by atoms with Crippen molar-refractivity contribution in [3.63, 3.8) is 0 Å². The van der Waals surface area contributed by atoms with E-state index in [2.05, 4.69) is 15.3 Å². The number of imidazole rings is 1. The number of ether oxygens (including phenoxy) is 3. The maximum Gasteiger partial charge on any atom is 0.332 e. The summed E-state index contributed by atoms with van der Waals surface area (Å²) in [5.74, 6) is 1.03. The third-order valence-corrected chi connectivity index (χ3v) is 8.79. The number of fused-ring (bicyclic) bond motifs is 1. The normalized spacial score (nSPS) is 14.6. The van der Waals surface area contributed by atoms with Gasteiger partial charge in [0, 0.05) is 24.1 Å². The van der Waals surface area contributed by atoms with E-state index in [1.165, 1.54) is 37.5 Å². The Morgan fingerprint density at radius 3 is 2.40 bits per heavy atom. The zero-order valence-corrected chi connectivity index (χ0v) is 27.7. The Morgan fingerprint density at radius 2 is 1.70 bits per heavy atom. The van der Waals surface area contributed by atoms with Gasteiger partial charge in [0.15, 0.2) is 27.8 Å². The lowest BCUT2D eigenvalue weighted by atomic mass is 10.2. The van der Waals surface area contributed by atoms with Crippen LogP contribution in [0.15, 0.2) is 80.2 Å². The summed E-state index contributed by atoms with van der Waals surface area (Å²) in [6.07, 6.45) is 1.71. The number of halogens is 2. The van der Waals surface area contributed by atoms with Gasteiger partial charge in [-0.15, -0.1) is 0 Å². The molecule has 1 amide bonds. The fourth-order valence-electron chi connectivity index (χ4n) is 4.83. The van der Waals surface area contributed by atoms with E-state index in [1.54, 1.807) is 78.4 Å². The first kappa shape index (κ1) is 32.0. The molecule has 0 aliphatic carbocycles. The standard InChI is InChI=1S/C32H26Cl2N6O6S/c1-38-27-26(29(42)39(2)32(38)43)40(16-18-6-7-19(33)15-22(18)34)31(36-27)46-23-12-5-17(13-24(23)45-4)14-25-28(41)37-30(47-25)35-20-8-10-21(44-3)11-9-20/h5-15H,16H2,1-4H3,(H,35,37,41)/b25-14+. The van der Waals surface area contributed by atoms with Gasteiger partial charge >= 0.3 is 11.7 Å². The van der Waals surface area contributed by atoms with Gasteiger partial charge in [0.25, 0.3) is 11.5 Å². The van der Waals surface area contributed by atoms with Crippen LogP contribution in [0.1, 0.15) is 11.1 Å². The van der Waals surface area contributed by atoms with Gasteiger partial charge in [-0.3, -0.25) is 23.3 Å². The van der Waals surface area contributed by atoms with E-state index in [0.29, 0.717) is 48.4 Å². The number of methoxy groups -OCH3 is 2. The number of thioether (sulfide) groups is 1. The first-order valence-electron chi connectivity index (χ1n) is 14.0. The molecule has 12 nitrogen and oxygen atoms in total. The number of hydrogen-bond acceptors (Lipinski definition) is 9. The van der Waals surface area contributed by atoms with Crippen LogP contribution in [-0.4, -0.2) is 44.0 Å². The van der Waals surface area contributed by atoms with E-state index < -0.39 is 11.2 Å². The van der Waals surface area contributed by atoms with Crippen molar-refractivity contribution in [1.82, 2.24) is 24.0 Å². The first-order chi connectivity index (χ1) is 22.6. The van der Waals surface area contributed by atoms with Crippen molar-refractivity contribution < 1.29 is 19.0 Å². The molecule has 15 heteroatoms. The minimum absolute atomic E-state index is 0.0267. The molecule has 0 bridgehead atoms. The highest BCUT2D eigenvalue weighted by atomic mass is 35.5. The number of nitrogens with one attached hydrogen (secondary N) is 1. The first-order valence-corrected chi connectivity index (χ1v) is 15.5. The summed E-state index contributed by atoms with van der Waals surface area (Å²) >= 11 is 13.8. The summed E-state index contributed by atoms with van der Waals surface area (Å²) < 4.78 is 20.9. The van der Waals surface area contributed by atoms with Crippen molar-refractivity contribution in [2.45, 2.75) is 6.54 Å². The lowest BCUT2D eigenvalue weighted by Crippen LogP contribution is -2.37. The van der Waals surface area contributed by atoms with E-state index in [-0.39, 0.29) is 35.4 Å². The predicted octanol–water partition coefficient (Wildman–Crippen LogP) is 5.49. The van der Waals surface area contributed by atoms with Gasteiger partial charge < -0.3 is 19.5 Å². The quantitative estimate of drug-likeness (QED) is 0.211. The number of benzene rings is 3. The van der Waals surface area contributed by atoms with Gasteiger partial charge in [-0.25, -0.2) is 9.79 Å². The molecule has 1 fully saturated rings. The molecule has 0 saturated carbocycles. The topological polar surface area (TPSA) is 131 Å². The van der Waals surface area contributed by atoms with Crippen molar-refractivity contribution in [3.8, 4) is 23.3 Å². The van der Waals surface area contributed by atoms with Crippen molar-refractivity contribution in [2.24, 2.45) is 19.1 Å². The van der Waals surface area contributed by atoms with Crippen molar-refractivity contribution in [3.05, 3.63) is 108 Å². The van der Waals surface area contributed by atoms with Gasteiger partial charge in [0.2, 0.25) is 0 Å². The molecule has 0 atom stereocenters.